The number of esters is 1. The minimum Gasteiger partial charge on any atom is -0.493 e. The lowest BCUT2D eigenvalue weighted by atomic mass is 10.1. The summed E-state index contributed by atoms with van der Waals surface area (Å²) >= 11 is 0. The van der Waals surface area contributed by atoms with Crippen molar-refractivity contribution in [2.45, 2.75) is 0 Å². The van der Waals surface area contributed by atoms with Crippen LogP contribution < -0.4 is 9.47 Å². The molecule has 0 atom stereocenters. The van der Waals surface area contributed by atoms with Crippen LogP contribution in [0.3, 0.4) is 0 Å². The molecule has 0 saturated carbocycles. The predicted octanol–water partition coefficient (Wildman–Crippen LogP) is 3.25. The summed E-state index contributed by atoms with van der Waals surface area (Å²) in [5.74, 6) is 1.29. The van der Waals surface area contributed by atoms with E-state index < -0.39 is 5.97 Å². The molecule has 1 aromatic carbocycles. The number of methoxy groups -OCH3 is 3. The number of ether oxygens (including phenoxy) is 3. The van der Waals surface area contributed by atoms with Crippen LogP contribution in [0.1, 0.15) is 21.7 Å². The summed E-state index contributed by atoms with van der Waals surface area (Å²) < 4.78 is 20.4. The van der Waals surface area contributed by atoms with Gasteiger partial charge in [-0.05, 0) is 29.8 Å². The topological polar surface area (TPSA) is 57.9 Å². The van der Waals surface area contributed by atoms with Crippen molar-refractivity contribution in [2.24, 2.45) is 0 Å². The Kier molecular flexibility index (Phi) is 4.66. The third kappa shape index (κ3) is 3.25. The van der Waals surface area contributed by atoms with Crippen LogP contribution in [0.2, 0.25) is 0 Å². The quantitative estimate of drug-likeness (QED) is 0.790. The fraction of sp³-hybridized carbons (Fsp3) is 0.188. The van der Waals surface area contributed by atoms with E-state index in [1.807, 2.05) is 24.3 Å². The first-order chi connectivity index (χ1) is 10.2. The SMILES string of the molecule is COC(=O)c1ccoc1C=Cc1ccc(OC)c(OC)c1. The van der Waals surface area contributed by atoms with Crippen molar-refractivity contribution in [1.82, 2.24) is 0 Å². The van der Waals surface area contributed by atoms with Crippen LogP contribution in [0.25, 0.3) is 12.2 Å². The van der Waals surface area contributed by atoms with Crippen molar-refractivity contribution < 1.29 is 23.4 Å². The molecule has 1 aromatic heterocycles. The van der Waals surface area contributed by atoms with Gasteiger partial charge in [0, 0.05) is 0 Å². The number of carbonyl (C=O) groups excluding carboxylic acids is 1. The Balaban J connectivity index is 2.26. The van der Waals surface area contributed by atoms with Crippen molar-refractivity contribution in [1.29, 1.82) is 0 Å². The molecule has 0 aliphatic rings. The second-order valence-corrected chi connectivity index (χ2v) is 4.14. The highest BCUT2D eigenvalue weighted by Crippen LogP contribution is 2.28. The van der Waals surface area contributed by atoms with Gasteiger partial charge in [-0.25, -0.2) is 4.79 Å². The lowest BCUT2D eigenvalue weighted by molar-refractivity contribution is 0.0599. The van der Waals surface area contributed by atoms with E-state index >= 15 is 0 Å². The Morgan fingerprint density at radius 1 is 1.05 bits per heavy atom. The van der Waals surface area contributed by atoms with E-state index in [-0.39, 0.29) is 0 Å². The van der Waals surface area contributed by atoms with E-state index in [4.69, 9.17) is 13.9 Å². The summed E-state index contributed by atoms with van der Waals surface area (Å²) in [5, 5.41) is 0. The van der Waals surface area contributed by atoms with Crippen LogP contribution >= 0.6 is 0 Å². The molecule has 0 aliphatic heterocycles. The zero-order chi connectivity index (χ0) is 15.2. The molecule has 1 heterocycles. The Bertz CT molecular complexity index is 654. The zero-order valence-electron chi connectivity index (χ0n) is 12.1. The van der Waals surface area contributed by atoms with Gasteiger partial charge in [0.15, 0.2) is 11.5 Å². The van der Waals surface area contributed by atoms with Crippen LogP contribution in [0, 0.1) is 0 Å². The van der Waals surface area contributed by atoms with E-state index in [2.05, 4.69) is 4.74 Å². The fourth-order valence-electron chi connectivity index (χ4n) is 1.86. The highest BCUT2D eigenvalue weighted by atomic mass is 16.5. The Morgan fingerprint density at radius 3 is 2.48 bits per heavy atom. The van der Waals surface area contributed by atoms with Gasteiger partial charge in [-0.15, -0.1) is 0 Å². The van der Waals surface area contributed by atoms with E-state index in [9.17, 15) is 4.79 Å². The Hall–Kier alpha value is -2.69. The van der Waals surface area contributed by atoms with Gasteiger partial charge in [-0.3, -0.25) is 0 Å². The predicted molar refractivity (Wildman–Crippen MR) is 78.5 cm³/mol. The molecule has 0 bridgehead atoms. The summed E-state index contributed by atoms with van der Waals surface area (Å²) in [6.07, 6.45) is 4.96. The average Bonchev–Trinajstić information content (AvgIpc) is 3.00. The molecular weight excluding hydrogens is 272 g/mol. The van der Waals surface area contributed by atoms with Crippen molar-refractivity contribution in [3.8, 4) is 11.5 Å². The standard InChI is InChI=1S/C16H16O5/c1-18-14-7-5-11(10-15(14)19-2)4-6-13-12(8-9-21-13)16(17)20-3/h4-10H,1-3H3. The third-order valence-corrected chi connectivity index (χ3v) is 2.94. The molecule has 0 fully saturated rings. The van der Waals surface area contributed by atoms with Crippen molar-refractivity contribution >= 4 is 18.1 Å². The summed E-state index contributed by atoms with van der Waals surface area (Å²) in [6.45, 7) is 0. The molecule has 0 amide bonds. The number of hydrogen-bond donors (Lipinski definition) is 0. The number of rotatable bonds is 5. The maximum atomic E-state index is 11.5. The van der Waals surface area contributed by atoms with Crippen LogP contribution in [0.15, 0.2) is 34.9 Å². The maximum Gasteiger partial charge on any atom is 0.341 e. The summed E-state index contributed by atoms with van der Waals surface area (Å²) in [5.41, 5.74) is 1.27. The van der Waals surface area contributed by atoms with Gasteiger partial charge in [0.1, 0.15) is 11.3 Å². The van der Waals surface area contributed by atoms with E-state index in [1.165, 1.54) is 13.4 Å². The summed E-state index contributed by atoms with van der Waals surface area (Å²) in [4.78, 5) is 11.5. The van der Waals surface area contributed by atoms with Gasteiger partial charge in [0.25, 0.3) is 0 Å². The lowest BCUT2D eigenvalue weighted by Gasteiger charge is -2.07. The van der Waals surface area contributed by atoms with Gasteiger partial charge >= 0.3 is 5.97 Å². The van der Waals surface area contributed by atoms with Crippen LogP contribution in [-0.4, -0.2) is 27.3 Å². The van der Waals surface area contributed by atoms with Gasteiger partial charge in [-0.1, -0.05) is 12.1 Å². The molecule has 0 aliphatic carbocycles. The number of carbonyl (C=O) groups is 1. The van der Waals surface area contributed by atoms with Crippen LogP contribution in [-0.2, 0) is 4.74 Å². The molecule has 0 N–H and O–H groups in total. The van der Waals surface area contributed by atoms with Crippen molar-refractivity contribution in [3.05, 3.63) is 47.4 Å². The average molecular weight is 288 g/mol. The molecule has 5 nitrogen and oxygen atoms in total. The largest absolute Gasteiger partial charge is 0.493 e. The van der Waals surface area contributed by atoms with Crippen molar-refractivity contribution in [3.63, 3.8) is 0 Å². The highest BCUT2D eigenvalue weighted by molar-refractivity contribution is 5.93. The number of furan rings is 1. The molecule has 21 heavy (non-hydrogen) atoms. The van der Waals surface area contributed by atoms with E-state index in [0.717, 1.165) is 5.56 Å². The molecule has 2 rings (SSSR count). The summed E-state index contributed by atoms with van der Waals surface area (Å²) in [7, 11) is 4.49. The third-order valence-electron chi connectivity index (χ3n) is 2.94. The van der Waals surface area contributed by atoms with E-state index in [0.29, 0.717) is 22.8 Å². The van der Waals surface area contributed by atoms with Gasteiger partial charge in [0.05, 0.1) is 27.6 Å². The van der Waals surface area contributed by atoms with Crippen LogP contribution in [0.5, 0.6) is 11.5 Å². The zero-order valence-corrected chi connectivity index (χ0v) is 12.1. The van der Waals surface area contributed by atoms with Gasteiger partial charge in [-0.2, -0.15) is 0 Å². The molecule has 110 valence electrons. The Morgan fingerprint density at radius 2 is 1.81 bits per heavy atom. The Labute approximate surface area is 122 Å². The number of benzene rings is 1. The summed E-state index contributed by atoms with van der Waals surface area (Å²) in [6, 6.07) is 7.08. The van der Waals surface area contributed by atoms with Crippen LogP contribution in [0.4, 0.5) is 0 Å². The first-order valence-electron chi connectivity index (χ1n) is 6.25. The number of hydrogen-bond acceptors (Lipinski definition) is 5. The van der Waals surface area contributed by atoms with Gasteiger partial charge < -0.3 is 18.6 Å². The lowest BCUT2D eigenvalue weighted by Crippen LogP contribution is -2.00. The second kappa shape index (κ2) is 6.65. The molecule has 0 radical (unpaired) electrons. The highest BCUT2D eigenvalue weighted by Gasteiger charge is 2.12. The van der Waals surface area contributed by atoms with E-state index in [1.54, 1.807) is 26.4 Å². The first kappa shape index (κ1) is 14.7. The normalized spacial score (nSPS) is 10.6. The molecule has 5 heteroatoms. The monoisotopic (exact) mass is 288 g/mol. The van der Waals surface area contributed by atoms with Crippen molar-refractivity contribution in [2.75, 3.05) is 21.3 Å². The fourth-order valence-corrected chi connectivity index (χ4v) is 1.86. The second-order valence-electron chi connectivity index (χ2n) is 4.14. The molecule has 2 aromatic rings. The minimum atomic E-state index is -0.435. The molecule has 0 unspecified atom stereocenters. The molecular formula is C16H16O5. The molecule has 0 spiro atoms. The smallest absolute Gasteiger partial charge is 0.341 e. The minimum absolute atomic E-state index is 0.384. The first-order valence-corrected chi connectivity index (χ1v) is 6.25. The van der Waals surface area contributed by atoms with Gasteiger partial charge in [0.2, 0.25) is 0 Å². The maximum absolute atomic E-state index is 11.5. The molecule has 0 saturated heterocycles.